The molecule has 0 spiro atoms. The summed E-state index contributed by atoms with van der Waals surface area (Å²) >= 11 is 0. The number of methoxy groups -OCH3 is 2. The molecule has 0 bridgehead atoms. The first-order valence-electron chi connectivity index (χ1n) is 6.13. The topological polar surface area (TPSA) is 38.7 Å². The van der Waals surface area contributed by atoms with Crippen molar-refractivity contribution in [2.45, 2.75) is 13.0 Å². The third-order valence-corrected chi connectivity index (χ3v) is 3.21. The van der Waals surface area contributed by atoms with Crippen molar-refractivity contribution in [2.24, 2.45) is 0 Å². The van der Waals surface area contributed by atoms with Crippen molar-refractivity contribution in [1.29, 1.82) is 0 Å². The number of hydrogen-bond acceptors (Lipinski definition) is 3. The van der Waals surface area contributed by atoms with Crippen LogP contribution in [0, 0.1) is 6.92 Å². The zero-order valence-corrected chi connectivity index (χ0v) is 11.4. The smallest absolute Gasteiger partial charge is 0.161 e. The molecule has 1 N–H and O–H groups in total. The number of aryl methyl sites for hydroxylation is 1. The van der Waals surface area contributed by atoms with E-state index >= 15 is 0 Å². The average molecular weight is 258 g/mol. The maximum Gasteiger partial charge on any atom is 0.161 e. The quantitative estimate of drug-likeness (QED) is 0.915. The van der Waals surface area contributed by atoms with Crippen molar-refractivity contribution in [3.63, 3.8) is 0 Å². The second-order valence-electron chi connectivity index (χ2n) is 4.37. The summed E-state index contributed by atoms with van der Waals surface area (Å²) in [5.41, 5.74) is 2.74. The predicted octanol–water partition coefficient (Wildman–Crippen LogP) is 3.09. The molecule has 3 heteroatoms. The van der Waals surface area contributed by atoms with Crippen molar-refractivity contribution in [2.75, 3.05) is 14.2 Å². The first-order valence-corrected chi connectivity index (χ1v) is 6.13. The highest BCUT2D eigenvalue weighted by Gasteiger charge is 2.15. The monoisotopic (exact) mass is 258 g/mol. The molecule has 0 radical (unpaired) electrons. The van der Waals surface area contributed by atoms with E-state index in [0.717, 1.165) is 16.7 Å². The van der Waals surface area contributed by atoms with Gasteiger partial charge >= 0.3 is 0 Å². The second-order valence-corrected chi connectivity index (χ2v) is 4.37. The molecule has 19 heavy (non-hydrogen) atoms. The lowest BCUT2D eigenvalue weighted by Gasteiger charge is -2.16. The van der Waals surface area contributed by atoms with Crippen LogP contribution in [0.1, 0.15) is 22.8 Å². The van der Waals surface area contributed by atoms with E-state index in [-0.39, 0.29) is 0 Å². The minimum atomic E-state index is -0.666. The van der Waals surface area contributed by atoms with Gasteiger partial charge in [0.15, 0.2) is 11.5 Å². The van der Waals surface area contributed by atoms with Crippen molar-refractivity contribution >= 4 is 0 Å². The van der Waals surface area contributed by atoms with Gasteiger partial charge in [0.05, 0.1) is 14.2 Å². The maximum atomic E-state index is 10.5. The maximum absolute atomic E-state index is 10.5. The van der Waals surface area contributed by atoms with Gasteiger partial charge in [0, 0.05) is 0 Å². The number of aliphatic hydroxyl groups excluding tert-OH is 1. The molecule has 2 aromatic rings. The molecule has 0 aromatic heterocycles. The summed E-state index contributed by atoms with van der Waals surface area (Å²) in [5.74, 6) is 1.27. The summed E-state index contributed by atoms with van der Waals surface area (Å²) in [6, 6.07) is 13.2. The minimum Gasteiger partial charge on any atom is -0.493 e. The van der Waals surface area contributed by atoms with Crippen molar-refractivity contribution in [3.8, 4) is 11.5 Å². The van der Waals surface area contributed by atoms with Crippen molar-refractivity contribution in [1.82, 2.24) is 0 Å². The van der Waals surface area contributed by atoms with Gasteiger partial charge in [-0.1, -0.05) is 30.3 Å². The second kappa shape index (κ2) is 5.76. The SMILES string of the molecule is COc1ccc(C(O)c2ccccc2C)cc1OC. The highest BCUT2D eigenvalue weighted by atomic mass is 16.5. The number of aliphatic hydroxyl groups is 1. The van der Waals surface area contributed by atoms with Crippen LogP contribution in [0.15, 0.2) is 42.5 Å². The predicted molar refractivity (Wildman–Crippen MR) is 74.8 cm³/mol. The summed E-state index contributed by atoms with van der Waals surface area (Å²) in [7, 11) is 3.18. The van der Waals surface area contributed by atoms with Crippen LogP contribution < -0.4 is 9.47 Å². The standard InChI is InChI=1S/C16H18O3/c1-11-6-4-5-7-13(11)16(17)12-8-9-14(18-2)15(10-12)19-3/h4-10,16-17H,1-3H3. The molecule has 0 amide bonds. The Morgan fingerprint density at radius 3 is 2.26 bits per heavy atom. The summed E-state index contributed by atoms with van der Waals surface area (Å²) in [4.78, 5) is 0. The van der Waals surface area contributed by atoms with Crippen molar-refractivity contribution < 1.29 is 14.6 Å². The molecular formula is C16H18O3. The van der Waals surface area contributed by atoms with E-state index in [2.05, 4.69) is 0 Å². The van der Waals surface area contributed by atoms with Crippen LogP contribution in [0.2, 0.25) is 0 Å². The summed E-state index contributed by atoms with van der Waals surface area (Å²) in [5, 5.41) is 10.5. The third kappa shape index (κ3) is 2.71. The Labute approximate surface area is 113 Å². The van der Waals surface area contributed by atoms with Crippen LogP contribution in [0.3, 0.4) is 0 Å². The zero-order valence-electron chi connectivity index (χ0n) is 11.4. The third-order valence-electron chi connectivity index (χ3n) is 3.21. The van der Waals surface area contributed by atoms with Crippen molar-refractivity contribution in [3.05, 3.63) is 59.2 Å². The van der Waals surface area contributed by atoms with Gasteiger partial charge in [0.1, 0.15) is 6.10 Å². The van der Waals surface area contributed by atoms with Gasteiger partial charge in [-0.05, 0) is 35.7 Å². The highest BCUT2D eigenvalue weighted by molar-refractivity contribution is 5.46. The number of hydrogen-bond donors (Lipinski definition) is 1. The van der Waals surface area contributed by atoms with Crippen LogP contribution in [-0.2, 0) is 0 Å². The Balaban J connectivity index is 2.39. The van der Waals surface area contributed by atoms with Gasteiger partial charge in [-0.15, -0.1) is 0 Å². The molecule has 0 fully saturated rings. The molecule has 0 saturated heterocycles. The first-order chi connectivity index (χ1) is 9.17. The molecule has 100 valence electrons. The lowest BCUT2D eigenvalue weighted by molar-refractivity contribution is 0.218. The summed E-state index contributed by atoms with van der Waals surface area (Å²) in [6.07, 6.45) is -0.666. The Hall–Kier alpha value is -2.00. The summed E-state index contributed by atoms with van der Waals surface area (Å²) in [6.45, 7) is 1.99. The highest BCUT2D eigenvalue weighted by Crippen LogP contribution is 2.32. The normalized spacial score (nSPS) is 12.0. The fourth-order valence-corrected chi connectivity index (χ4v) is 2.10. The molecule has 0 saturated carbocycles. The molecular weight excluding hydrogens is 240 g/mol. The molecule has 2 aromatic carbocycles. The van der Waals surface area contributed by atoms with E-state index in [4.69, 9.17) is 9.47 Å². The van der Waals surface area contributed by atoms with Gasteiger partial charge in [0.25, 0.3) is 0 Å². The average Bonchev–Trinajstić information content (AvgIpc) is 2.46. The van der Waals surface area contributed by atoms with E-state index in [1.54, 1.807) is 26.4 Å². The first kappa shape index (κ1) is 13.4. The molecule has 1 unspecified atom stereocenters. The minimum absolute atomic E-state index is 0.618. The fourth-order valence-electron chi connectivity index (χ4n) is 2.10. The van der Waals surface area contributed by atoms with E-state index in [1.165, 1.54) is 0 Å². The van der Waals surface area contributed by atoms with Crippen LogP contribution >= 0.6 is 0 Å². The molecule has 0 aliphatic carbocycles. The van der Waals surface area contributed by atoms with Gasteiger partial charge in [-0.3, -0.25) is 0 Å². The van der Waals surface area contributed by atoms with Gasteiger partial charge in [-0.25, -0.2) is 0 Å². The molecule has 3 nitrogen and oxygen atoms in total. The van der Waals surface area contributed by atoms with Crippen LogP contribution in [0.25, 0.3) is 0 Å². The van der Waals surface area contributed by atoms with Gasteiger partial charge < -0.3 is 14.6 Å². The van der Waals surface area contributed by atoms with Crippen LogP contribution in [0.5, 0.6) is 11.5 Å². The zero-order chi connectivity index (χ0) is 13.8. The Morgan fingerprint density at radius 2 is 1.63 bits per heavy atom. The Morgan fingerprint density at radius 1 is 0.947 bits per heavy atom. The lowest BCUT2D eigenvalue weighted by Crippen LogP contribution is -2.02. The van der Waals surface area contributed by atoms with E-state index in [9.17, 15) is 5.11 Å². The lowest BCUT2D eigenvalue weighted by atomic mass is 9.97. The number of ether oxygens (including phenoxy) is 2. The van der Waals surface area contributed by atoms with Crippen LogP contribution in [-0.4, -0.2) is 19.3 Å². The van der Waals surface area contributed by atoms with E-state index < -0.39 is 6.10 Å². The fraction of sp³-hybridized carbons (Fsp3) is 0.250. The number of rotatable bonds is 4. The van der Waals surface area contributed by atoms with Gasteiger partial charge in [0.2, 0.25) is 0 Å². The molecule has 0 aliphatic heterocycles. The number of benzene rings is 2. The van der Waals surface area contributed by atoms with Crippen LogP contribution in [0.4, 0.5) is 0 Å². The largest absolute Gasteiger partial charge is 0.493 e. The van der Waals surface area contributed by atoms with E-state index in [1.807, 2.05) is 37.3 Å². The molecule has 2 rings (SSSR count). The molecule has 0 heterocycles. The summed E-state index contributed by atoms with van der Waals surface area (Å²) < 4.78 is 10.5. The Bertz CT molecular complexity index is 564. The Kier molecular flexibility index (Phi) is 4.07. The molecule has 1 atom stereocenters. The molecule has 0 aliphatic rings. The van der Waals surface area contributed by atoms with Gasteiger partial charge in [-0.2, -0.15) is 0 Å². The van der Waals surface area contributed by atoms with E-state index in [0.29, 0.717) is 11.5 Å².